The van der Waals surface area contributed by atoms with Gasteiger partial charge in [-0.05, 0) is 13.8 Å². The molecule has 0 bridgehead atoms. The van der Waals surface area contributed by atoms with Crippen LogP contribution in [0, 0.1) is 0 Å². The van der Waals surface area contributed by atoms with E-state index in [4.69, 9.17) is 94.7 Å². The molecule has 0 aromatic carbocycles. The van der Waals surface area contributed by atoms with Gasteiger partial charge in [-0.3, -0.25) is 24.0 Å². The SMILES string of the molecule is CC(=O)N[C@H]1[C@H](OC[C@@H](O)[C@H](O)[C@H](O[C@@H]2O[C@H](CO)[C@H](O)[C@H](O[C@H]3O[C@H](CO)[C@H](O)[C@H](O)[C@H]3NC(C)=O)[C@H]2O[C@@H]2O[C@@H](C)[C@@H](O)[C@@H](O)[C@@H]2O)[C@H](CO)NC(C)=O)O[C@H](CO)[C@@H](O[C@@H]2O[C@H](CO)[C@H](O)[C@H](O[C@@H]3O[C@H](CO)[C@@H](O[C@@H]4O[C@H](CO)[C@H](O)[C@H](O[C@@H]5O[C@H](CO)[C@@H](O[C@@H]6O[C@H](CO)[C@H](O)[C@H](O)[C@H]6O[C@@H]6O[C@@H](C)[C@@H](O)[C@@H](O)[C@@H]6O)[C@H](O)[C@H]5NC(C)=O)[C@H]4O)[C@H](O)[C@H]3NC(C)=O)[C@H]2O)[C@@H]1O. The number of aliphatic hydroxyl groups is 29. The normalized spacial score (nSPS) is 47.0. The highest BCUT2D eigenvalue weighted by Crippen LogP contribution is 2.42. The van der Waals surface area contributed by atoms with Gasteiger partial charge in [-0.15, -0.1) is 0 Å². The Hall–Kier alpha value is -4.61. The maximum absolute atomic E-state index is 13.1. The summed E-state index contributed by atoms with van der Waals surface area (Å²) in [5, 5.41) is 337. The van der Waals surface area contributed by atoms with E-state index in [1.54, 1.807) is 0 Å². The van der Waals surface area contributed by atoms with E-state index in [2.05, 4.69) is 26.6 Å². The molecule has 135 heavy (non-hydrogen) atoms. The molecule has 0 aliphatic carbocycles. The molecule has 34 N–H and O–H groups in total. The molecule has 0 unspecified atom stereocenters. The van der Waals surface area contributed by atoms with Crippen LogP contribution in [0.25, 0.3) is 0 Å². The monoisotopic (exact) mass is 1980 g/mol. The van der Waals surface area contributed by atoms with Crippen LogP contribution in [0.15, 0.2) is 0 Å². The first-order valence-electron chi connectivity index (χ1n) is 43.3. The summed E-state index contributed by atoms with van der Waals surface area (Å²) in [6.07, 6.45) is -101. The number of hydrogen-bond donors (Lipinski definition) is 34. The second-order valence-electron chi connectivity index (χ2n) is 34.2. The lowest BCUT2D eigenvalue weighted by molar-refractivity contribution is -0.392. The van der Waals surface area contributed by atoms with Crippen molar-refractivity contribution >= 4 is 29.5 Å². The minimum atomic E-state index is -2.53. The quantitative estimate of drug-likeness (QED) is 0.0273. The van der Waals surface area contributed by atoms with Crippen molar-refractivity contribution in [3.63, 3.8) is 0 Å². The van der Waals surface area contributed by atoms with E-state index >= 15 is 0 Å². The minimum absolute atomic E-state index is 0.863. The topological polar surface area (TPSA) is 917 Å². The second-order valence-corrected chi connectivity index (χ2v) is 34.2. The summed E-state index contributed by atoms with van der Waals surface area (Å²) in [6.45, 7) is -4.32. The molecule has 0 saturated carbocycles. The molecule has 10 aliphatic rings. The van der Waals surface area contributed by atoms with Crippen molar-refractivity contribution in [2.75, 3.05) is 66.1 Å². The molecular formula is C76H129N5O54. The number of nitrogens with one attached hydrogen (secondary N) is 5. The van der Waals surface area contributed by atoms with E-state index in [9.17, 15) is 172 Å². The van der Waals surface area contributed by atoms with E-state index in [-0.39, 0.29) is 0 Å². The fourth-order valence-electron chi connectivity index (χ4n) is 17.3. The Balaban J connectivity index is 0.843. The van der Waals surface area contributed by atoms with Gasteiger partial charge in [0.05, 0.1) is 84.3 Å². The predicted molar refractivity (Wildman–Crippen MR) is 420 cm³/mol. The Morgan fingerprint density at radius 1 is 0.267 bits per heavy atom. The van der Waals surface area contributed by atoms with Crippen molar-refractivity contribution in [1.29, 1.82) is 0 Å². The summed E-state index contributed by atoms with van der Waals surface area (Å²) >= 11 is 0. The summed E-state index contributed by atoms with van der Waals surface area (Å²) in [7, 11) is 0. The van der Waals surface area contributed by atoms with Crippen molar-refractivity contribution in [1.82, 2.24) is 26.6 Å². The fourth-order valence-corrected chi connectivity index (χ4v) is 17.3. The largest absolute Gasteiger partial charge is 0.394 e. The molecule has 59 heteroatoms. The molecular weight excluding hydrogens is 1850 g/mol. The Morgan fingerprint density at radius 2 is 0.556 bits per heavy atom. The van der Waals surface area contributed by atoms with Crippen LogP contribution in [0.3, 0.4) is 0 Å². The fraction of sp³-hybridized carbons (Fsp3) is 0.934. The Bertz CT molecular complexity index is 3690. The molecule has 0 aromatic rings. The zero-order chi connectivity index (χ0) is 99.8. The summed E-state index contributed by atoms with van der Waals surface area (Å²) < 4.78 is 119. The highest BCUT2D eigenvalue weighted by atomic mass is 16.8. The molecule has 10 fully saturated rings. The lowest BCUT2D eigenvalue weighted by Crippen LogP contribution is -2.71. The van der Waals surface area contributed by atoms with E-state index in [0.29, 0.717) is 0 Å². The summed E-state index contributed by atoms with van der Waals surface area (Å²) in [6, 6.07) is -9.54. The zero-order valence-corrected chi connectivity index (χ0v) is 73.4. The average molecular weight is 1980 g/mol. The third kappa shape index (κ3) is 25.6. The maximum Gasteiger partial charge on any atom is 0.217 e. The van der Waals surface area contributed by atoms with Gasteiger partial charge >= 0.3 is 0 Å². The highest BCUT2D eigenvalue weighted by molar-refractivity contribution is 5.75. The molecule has 10 saturated heterocycles. The van der Waals surface area contributed by atoms with Gasteiger partial charge in [0.2, 0.25) is 29.5 Å². The zero-order valence-electron chi connectivity index (χ0n) is 73.4. The maximum atomic E-state index is 13.1. The molecule has 59 nitrogen and oxygen atoms in total. The third-order valence-electron chi connectivity index (χ3n) is 24.6. The van der Waals surface area contributed by atoms with Crippen molar-refractivity contribution in [2.24, 2.45) is 0 Å². The van der Waals surface area contributed by atoms with Crippen molar-refractivity contribution in [3.05, 3.63) is 0 Å². The van der Waals surface area contributed by atoms with Gasteiger partial charge in [-0.1, -0.05) is 0 Å². The molecule has 782 valence electrons. The van der Waals surface area contributed by atoms with Gasteiger partial charge in [-0.2, -0.15) is 0 Å². The van der Waals surface area contributed by atoms with Crippen LogP contribution in [0.5, 0.6) is 0 Å². The molecule has 10 aliphatic heterocycles. The Kier molecular flexibility index (Phi) is 41.3. The smallest absolute Gasteiger partial charge is 0.217 e. The molecule has 0 spiro atoms. The number of rotatable bonds is 38. The Labute approximate surface area is 766 Å². The van der Waals surface area contributed by atoms with Crippen LogP contribution in [0.2, 0.25) is 0 Å². The van der Waals surface area contributed by atoms with E-state index in [1.165, 1.54) is 13.8 Å². The van der Waals surface area contributed by atoms with Crippen molar-refractivity contribution < 1.29 is 267 Å². The van der Waals surface area contributed by atoms with Crippen LogP contribution >= 0.6 is 0 Å². The molecule has 0 radical (unpaired) electrons. The molecule has 0 aromatic heterocycles. The van der Waals surface area contributed by atoms with Gasteiger partial charge < -0.3 is 269 Å². The third-order valence-corrected chi connectivity index (χ3v) is 24.6. The van der Waals surface area contributed by atoms with Gasteiger partial charge in [0, 0.05) is 34.6 Å². The van der Waals surface area contributed by atoms with Gasteiger partial charge in [0.1, 0.15) is 250 Å². The Morgan fingerprint density at radius 3 is 0.933 bits per heavy atom. The first kappa shape index (κ1) is 112. The van der Waals surface area contributed by atoms with E-state index in [1.807, 2.05) is 0 Å². The van der Waals surface area contributed by atoms with Crippen LogP contribution < -0.4 is 26.6 Å². The van der Waals surface area contributed by atoms with Gasteiger partial charge in [0.15, 0.2) is 62.9 Å². The molecule has 10 rings (SSSR count). The standard InChI is InChI=1S/C76H129N5O54/c1-18-39(97)51(109)54(112)71(117-18)134-65-53(111)43(101)28(10-84)122-75(65)130-61-34(16-90)126-70(38(50(61)108)81-24(7)95)132-63-45(103)30(12-86)121-74(57(63)115)129-60-33(15-89)125-69(37(49(60)107)80-23(6)94)131-62-44(102)29(11-85)120-73(56(62)114)128-59-32(14-88)124-67(36(48(59)106)79-22(5)93)116-17-26(96)41(99)58(25(8-82)77-20(3)91)127-76-66(135-72-55(113)52(110)40(98)19(2)118-72)64(46(104)31(13-87)123-76)133-68-35(78-21(4)92)47(105)42(100)27(9-83)119-68/h18-19,25-76,82-90,96-115H,8-17H2,1-7H3,(H,77,91)(H,78,92)(H,79,93)(H,80,94)(H,81,95)/t18-,19-,25-,26+,27+,28+,29+,30+,31+,32+,33+,34+,35+,36+,37+,38+,39+,40+,41-,42-,43-,44-,45-,46-,47+,48+,49+,50+,51+,52+,53-,54-,55-,56+,57+,58+,59+,60+,61+,62-,63-,64-,65+,66+,67+,68+,69-,70-,71-,72-,73-,74-,75-,76-/m0/s1. The summed E-state index contributed by atoms with van der Waals surface area (Å²) in [5.41, 5.74) is 0. The lowest BCUT2D eigenvalue weighted by Gasteiger charge is -2.51. The van der Waals surface area contributed by atoms with E-state index in [0.717, 1.165) is 34.6 Å². The molecule has 10 heterocycles. The van der Waals surface area contributed by atoms with Gasteiger partial charge in [-0.25, -0.2) is 0 Å². The van der Waals surface area contributed by atoms with Crippen LogP contribution in [-0.2, 0) is 119 Å². The van der Waals surface area contributed by atoms with Crippen LogP contribution in [-0.4, -0.2) is 575 Å². The first-order chi connectivity index (χ1) is 63.8. The number of hydrogen-bond acceptors (Lipinski definition) is 54. The second kappa shape index (κ2) is 49.6. The highest BCUT2D eigenvalue weighted by Gasteiger charge is 2.63. The number of ether oxygens (including phenoxy) is 20. The van der Waals surface area contributed by atoms with Crippen molar-refractivity contribution in [3.8, 4) is 0 Å². The summed E-state index contributed by atoms with van der Waals surface area (Å²) in [4.78, 5) is 64.5. The van der Waals surface area contributed by atoms with Crippen LogP contribution in [0.1, 0.15) is 48.5 Å². The van der Waals surface area contributed by atoms with E-state index < -0.39 is 427 Å². The predicted octanol–water partition coefficient (Wildman–Crippen LogP) is -22.6. The lowest BCUT2D eigenvalue weighted by atomic mass is 9.93. The van der Waals surface area contributed by atoms with Crippen LogP contribution in [0.4, 0.5) is 0 Å². The summed E-state index contributed by atoms with van der Waals surface area (Å²) in [5.74, 6) is -4.72. The van der Waals surface area contributed by atoms with Gasteiger partial charge in [0.25, 0.3) is 0 Å². The molecule has 54 atom stereocenters. The number of carbonyl (C=O) groups excluding carboxylic acids is 5. The first-order valence-corrected chi connectivity index (χ1v) is 43.3. The minimum Gasteiger partial charge on any atom is -0.394 e. The van der Waals surface area contributed by atoms with Crippen molar-refractivity contribution in [2.45, 2.75) is 380 Å². The molecule has 5 amide bonds. The number of aliphatic hydroxyl groups excluding tert-OH is 29. The number of carbonyl (C=O) groups is 5. The average Bonchev–Trinajstić information content (AvgIpc) is 0.766. The number of amides is 5.